The highest BCUT2D eigenvalue weighted by molar-refractivity contribution is 5.78. The van der Waals surface area contributed by atoms with E-state index in [0.717, 1.165) is 7.11 Å². The Hall–Kier alpha value is -1.22. The van der Waals surface area contributed by atoms with Crippen LogP contribution in [0.5, 0.6) is 0 Å². The van der Waals surface area contributed by atoms with Crippen molar-refractivity contribution in [1.82, 2.24) is 5.32 Å². The minimum Gasteiger partial charge on any atom is -0.465 e. The second kappa shape index (κ2) is 6.29. The van der Waals surface area contributed by atoms with Crippen molar-refractivity contribution in [3.8, 4) is 0 Å². The highest BCUT2D eigenvalue weighted by Crippen LogP contribution is 2.30. The lowest BCUT2D eigenvalue weighted by Crippen LogP contribution is -2.64. The van der Waals surface area contributed by atoms with Crippen molar-refractivity contribution in [3.05, 3.63) is 0 Å². The van der Waals surface area contributed by atoms with Gasteiger partial charge in [0.05, 0.1) is 25.9 Å². The predicted molar refractivity (Wildman–Crippen MR) is 61.9 cm³/mol. The first-order chi connectivity index (χ1) is 8.87. The predicted octanol–water partition coefficient (Wildman–Crippen LogP) is -1.85. The van der Waals surface area contributed by atoms with Crippen LogP contribution in [0.2, 0.25) is 0 Å². The summed E-state index contributed by atoms with van der Waals surface area (Å²) in [6, 6.07) is -0.669. The maximum absolute atomic E-state index is 11.5. The summed E-state index contributed by atoms with van der Waals surface area (Å²) >= 11 is 0. The topological polar surface area (TPSA) is 114 Å². The summed E-state index contributed by atoms with van der Waals surface area (Å²) in [6.07, 6.45) is -1.89. The van der Waals surface area contributed by atoms with Crippen LogP contribution in [-0.2, 0) is 23.8 Å². The molecule has 0 bridgehead atoms. The third-order valence-electron chi connectivity index (χ3n) is 2.98. The molecule has 0 aromatic carbocycles. The second-order valence-corrected chi connectivity index (χ2v) is 4.32. The zero-order chi connectivity index (χ0) is 14.6. The number of aliphatic hydroxyl groups excluding tert-OH is 1. The smallest absolute Gasteiger partial charge is 0.366 e. The lowest BCUT2D eigenvalue weighted by Gasteiger charge is -2.43. The molecule has 1 aliphatic rings. The Labute approximate surface area is 110 Å². The van der Waals surface area contributed by atoms with E-state index in [9.17, 15) is 19.8 Å². The molecule has 0 aromatic heterocycles. The Kier molecular flexibility index (Phi) is 5.24. The first kappa shape index (κ1) is 15.8. The zero-order valence-corrected chi connectivity index (χ0v) is 11.1. The molecule has 1 fully saturated rings. The number of carbonyl (C=O) groups is 2. The fourth-order valence-electron chi connectivity index (χ4n) is 2.10. The first-order valence-corrected chi connectivity index (χ1v) is 5.77. The van der Waals surface area contributed by atoms with Gasteiger partial charge in [-0.25, -0.2) is 4.79 Å². The summed E-state index contributed by atoms with van der Waals surface area (Å²) in [7, 11) is 2.48. The van der Waals surface area contributed by atoms with Gasteiger partial charge in [0.25, 0.3) is 5.79 Å². The highest BCUT2D eigenvalue weighted by Gasteiger charge is 2.52. The Morgan fingerprint density at radius 3 is 2.53 bits per heavy atom. The molecule has 0 aromatic rings. The van der Waals surface area contributed by atoms with E-state index in [4.69, 9.17) is 9.47 Å². The Bertz CT molecular complexity index is 332. The molecule has 0 aliphatic carbocycles. The second-order valence-electron chi connectivity index (χ2n) is 4.32. The summed E-state index contributed by atoms with van der Waals surface area (Å²) in [5, 5.41) is 21.9. The monoisotopic (exact) mass is 277 g/mol. The van der Waals surface area contributed by atoms with Crippen LogP contribution in [-0.4, -0.2) is 67.0 Å². The summed E-state index contributed by atoms with van der Waals surface area (Å²) in [5.74, 6) is -3.51. The first-order valence-electron chi connectivity index (χ1n) is 5.77. The van der Waals surface area contributed by atoms with E-state index in [1.165, 1.54) is 14.0 Å². The molecule has 0 spiro atoms. The minimum atomic E-state index is -2.20. The number of nitrogens with one attached hydrogen (secondary N) is 1. The van der Waals surface area contributed by atoms with Gasteiger partial charge >= 0.3 is 5.97 Å². The summed E-state index contributed by atoms with van der Waals surface area (Å²) < 4.78 is 14.8. The number of esters is 1. The molecule has 4 atom stereocenters. The van der Waals surface area contributed by atoms with E-state index in [2.05, 4.69) is 10.1 Å². The minimum absolute atomic E-state index is 0.211. The van der Waals surface area contributed by atoms with Crippen LogP contribution in [0.4, 0.5) is 0 Å². The third kappa shape index (κ3) is 3.41. The molecule has 8 heteroatoms. The van der Waals surface area contributed by atoms with Crippen molar-refractivity contribution in [2.75, 3.05) is 20.8 Å². The van der Waals surface area contributed by atoms with E-state index in [1.54, 1.807) is 0 Å². The van der Waals surface area contributed by atoms with Crippen molar-refractivity contribution >= 4 is 11.9 Å². The number of carbonyl (C=O) groups excluding carboxylic acids is 2. The molecule has 110 valence electrons. The van der Waals surface area contributed by atoms with Crippen molar-refractivity contribution < 1.29 is 34.0 Å². The SMILES string of the molecule is COC(=O)[C@]1(O)CC(OC)[C@@H](NC(C)=O)[C@@H](CO)O1. The normalized spacial score (nSPS) is 34.7. The number of ether oxygens (including phenoxy) is 3. The van der Waals surface area contributed by atoms with Crippen molar-refractivity contribution in [2.24, 2.45) is 0 Å². The summed E-state index contributed by atoms with van der Waals surface area (Å²) in [6.45, 7) is 0.812. The van der Waals surface area contributed by atoms with Gasteiger partial charge in [0.1, 0.15) is 6.10 Å². The molecule has 1 rings (SSSR count). The highest BCUT2D eigenvalue weighted by atomic mass is 16.7. The van der Waals surface area contributed by atoms with E-state index in [1.807, 2.05) is 0 Å². The van der Waals surface area contributed by atoms with Crippen LogP contribution in [0.15, 0.2) is 0 Å². The molecule has 3 N–H and O–H groups in total. The number of hydrogen-bond acceptors (Lipinski definition) is 7. The van der Waals surface area contributed by atoms with E-state index in [0.29, 0.717) is 0 Å². The van der Waals surface area contributed by atoms with E-state index in [-0.39, 0.29) is 12.3 Å². The Morgan fingerprint density at radius 1 is 1.47 bits per heavy atom. The molecule has 8 nitrogen and oxygen atoms in total. The van der Waals surface area contributed by atoms with Crippen molar-refractivity contribution in [2.45, 2.75) is 37.4 Å². The average molecular weight is 277 g/mol. The fraction of sp³-hybridized carbons (Fsp3) is 0.818. The fourth-order valence-corrected chi connectivity index (χ4v) is 2.10. The van der Waals surface area contributed by atoms with Gasteiger partial charge in [-0.3, -0.25) is 4.79 Å². The number of methoxy groups -OCH3 is 2. The van der Waals surface area contributed by atoms with Gasteiger partial charge in [0.15, 0.2) is 0 Å². The van der Waals surface area contributed by atoms with Crippen molar-refractivity contribution in [3.63, 3.8) is 0 Å². The van der Waals surface area contributed by atoms with Crippen LogP contribution in [0.3, 0.4) is 0 Å². The Morgan fingerprint density at radius 2 is 2.11 bits per heavy atom. The van der Waals surface area contributed by atoms with Crippen molar-refractivity contribution in [1.29, 1.82) is 0 Å². The standard InChI is InChI=1S/C11H19NO7/c1-6(14)12-9-7(17-2)4-11(16,10(15)18-3)19-8(9)5-13/h7-9,13,16H,4-5H2,1-3H3,(H,12,14)/t7?,8-,9-,11+/m1/s1. The maximum Gasteiger partial charge on any atom is 0.366 e. The van der Waals surface area contributed by atoms with Gasteiger partial charge in [-0.2, -0.15) is 0 Å². The third-order valence-corrected chi connectivity index (χ3v) is 2.98. The summed E-state index contributed by atoms with van der Waals surface area (Å²) in [4.78, 5) is 22.6. The molecule has 1 heterocycles. The number of amides is 1. The van der Waals surface area contributed by atoms with E-state index < -0.39 is 36.6 Å². The van der Waals surface area contributed by atoms with Gasteiger partial charge in [-0.15, -0.1) is 0 Å². The van der Waals surface area contributed by atoms with Gasteiger partial charge in [0, 0.05) is 20.5 Å². The van der Waals surface area contributed by atoms with Crippen LogP contribution in [0.25, 0.3) is 0 Å². The molecule has 0 radical (unpaired) electrons. The lowest BCUT2D eigenvalue weighted by molar-refractivity contribution is -0.284. The zero-order valence-electron chi connectivity index (χ0n) is 11.1. The molecule has 19 heavy (non-hydrogen) atoms. The quantitative estimate of drug-likeness (QED) is 0.517. The molecule has 1 amide bonds. The number of rotatable bonds is 4. The lowest BCUT2D eigenvalue weighted by atomic mass is 9.93. The average Bonchev–Trinajstić information content (AvgIpc) is 2.38. The van der Waals surface area contributed by atoms with Gasteiger partial charge in [-0.05, 0) is 0 Å². The number of hydrogen-bond donors (Lipinski definition) is 3. The molecule has 1 unspecified atom stereocenters. The van der Waals surface area contributed by atoms with Crippen LogP contribution in [0.1, 0.15) is 13.3 Å². The largest absolute Gasteiger partial charge is 0.465 e. The van der Waals surface area contributed by atoms with Crippen LogP contribution in [0, 0.1) is 0 Å². The van der Waals surface area contributed by atoms with Crippen LogP contribution >= 0.6 is 0 Å². The summed E-state index contributed by atoms with van der Waals surface area (Å²) in [5.41, 5.74) is 0. The molecular formula is C11H19NO7. The molecule has 1 saturated heterocycles. The molecule has 1 aliphatic heterocycles. The van der Waals surface area contributed by atoms with E-state index >= 15 is 0 Å². The molecular weight excluding hydrogens is 258 g/mol. The maximum atomic E-state index is 11.5. The Balaban J connectivity index is 2.96. The van der Waals surface area contributed by atoms with Gasteiger partial charge in [-0.1, -0.05) is 0 Å². The number of aliphatic hydroxyl groups is 2. The van der Waals surface area contributed by atoms with Crippen LogP contribution < -0.4 is 5.32 Å². The van der Waals surface area contributed by atoms with Gasteiger partial charge in [0.2, 0.25) is 5.91 Å². The molecule has 0 saturated carbocycles. The van der Waals surface area contributed by atoms with Gasteiger partial charge < -0.3 is 29.7 Å².